The summed E-state index contributed by atoms with van der Waals surface area (Å²) >= 11 is 0. The Morgan fingerprint density at radius 3 is 2.24 bits per heavy atom. The van der Waals surface area contributed by atoms with Crippen LogP contribution in [0.1, 0.15) is 46.0 Å². The van der Waals surface area contributed by atoms with Gasteiger partial charge < -0.3 is 5.11 Å². The molecule has 0 amide bonds. The van der Waals surface area contributed by atoms with Gasteiger partial charge in [-0.15, -0.1) is 0 Å². The van der Waals surface area contributed by atoms with E-state index in [0.717, 1.165) is 19.3 Å². The Labute approximate surface area is 99.4 Å². The molecule has 0 bridgehead atoms. The molecular formula is C11H20F3NO2. The third kappa shape index (κ3) is 7.20. The van der Waals surface area contributed by atoms with E-state index in [-0.39, 0.29) is 6.42 Å². The van der Waals surface area contributed by atoms with Crippen LogP contribution in [0.25, 0.3) is 0 Å². The van der Waals surface area contributed by atoms with Gasteiger partial charge in [0.2, 0.25) is 0 Å². The molecule has 0 saturated carbocycles. The molecule has 0 heterocycles. The highest BCUT2D eigenvalue weighted by molar-refractivity contribution is 5.78. The summed E-state index contributed by atoms with van der Waals surface area (Å²) in [5.74, 6) is -1.24. The topological polar surface area (TPSA) is 49.3 Å². The molecule has 0 fully saturated rings. The van der Waals surface area contributed by atoms with Gasteiger partial charge in [-0.05, 0) is 13.3 Å². The lowest BCUT2D eigenvalue weighted by atomic mass is 9.94. The van der Waals surface area contributed by atoms with Crippen LogP contribution in [0.15, 0.2) is 0 Å². The summed E-state index contributed by atoms with van der Waals surface area (Å²) in [6, 6.07) is 0. The van der Waals surface area contributed by atoms with Gasteiger partial charge in [0.05, 0.1) is 6.54 Å². The number of aliphatic carboxylic acids is 1. The zero-order chi connectivity index (χ0) is 13.5. The van der Waals surface area contributed by atoms with Crippen molar-refractivity contribution in [1.29, 1.82) is 0 Å². The molecule has 0 aromatic heterocycles. The number of carboxylic acids is 1. The van der Waals surface area contributed by atoms with Gasteiger partial charge in [-0.1, -0.05) is 32.6 Å². The summed E-state index contributed by atoms with van der Waals surface area (Å²) in [5, 5.41) is 11.0. The molecule has 0 aromatic rings. The molecule has 0 aliphatic carbocycles. The van der Waals surface area contributed by atoms with Crippen molar-refractivity contribution in [3.05, 3.63) is 0 Å². The second-order valence-electron chi connectivity index (χ2n) is 4.42. The van der Waals surface area contributed by atoms with Gasteiger partial charge in [0.25, 0.3) is 0 Å². The monoisotopic (exact) mass is 255 g/mol. The molecular weight excluding hydrogens is 235 g/mol. The number of alkyl halides is 3. The first-order valence-corrected chi connectivity index (χ1v) is 5.76. The van der Waals surface area contributed by atoms with Crippen molar-refractivity contribution in [2.75, 3.05) is 6.54 Å². The van der Waals surface area contributed by atoms with E-state index in [4.69, 9.17) is 5.11 Å². The van der Waals surface area contributed by atoms with E-state index in [1.165, 1.54) is 6.92 Å². The maximum absolute atomic E-state index is 12.0. The maximum Gasteiger partial charge on any atom is 0.401 e. The van der Waals surface area contributed by atoms with Crippen molar-refractivity contribution in [3.8, 4) is 0 Å². The fraction of sp³-hybridized carbons (Fsp3) is 0.909. The third-order valence-electron chi connectivity index (χ3n) is 2.68. The number of nitrogens with one attached hydrogen (secondary N) is 1. The summed E-state index contributed by atoms with van der Waals surface area (Å²) in [6.45, 7) is 2.04. The summed E-state index contributed by atoms with van der Waals surface area (Å²) in [7, 11) is 0. The second kappa shape index (κ2) is 6.83. The van der Waals surface area contributed by atoms with Gasteiger partial charge >= 0.3 is 12.1 Å². The molecule has 3 nitrogen and oxygen atoms in total. The minimum Gasteiger partial charge on any atom is -0.480 e. The Balaban J connectivity index is 4.22. The Hall–Kier alpha value is -0.780. The lowest BCUT2D eigenvalue weighted by Gasteiger charge is -2.27. The quantitative estimate of drug-likeness (QED) is 0.655. The Kier molecular flexibility index (Phi) is 6.52. The number of halogens is 3. The van der Waals surface area contributed by atoms with Crippen molar-refractivity contribution in [2.24, 2.45) is 0 Å². The number of rotatable bonds is 8. The molecule has 0 aliphatic rings. The van der Waals surface area contributed by atoms with Crippen LogP contribution in [0.2, 0.25) is 0 Å². The van der Waals surface area contributed by atoms with E-state index < -0.39 is 24.2 Å². The predicted octanol–water partition coefficient (Wildman–Crippen LogP) is 2.95. The fourth-order valence-corrected chi connectivity index (χ4v) is 1.47. The van der Waals surface area contributed by atoms with E-state index in [9.17, 15) is 18.0 Å². The SMILES string of the molecule is CCCCCCC(C)(NCC(F)(F)F)C(=O)O. The summed E-state index contributed by atoms with van der Waals surface area (Å²) < 4.78 is 36.1. The lowest BCUT2D eigenvalue weighted by Crippen LogP contribution is -2.52. The fourth-order valence-electron chi connectivity index (χ4n) is 1.47. The van der Waals surface area contributed by atoms with Crippen molar-refractivity contribution in [2.45, 2.75) is 57.7 Å². The maximum atomic E-state index is 12.0. The van der Waals surface area contributed by atoms with Gasteiger partial charge in [0.1, 0.15) is 5.54 Å². The van der Waals surface area contributed by atoms with Gasteiger partial charge in [-0.2, -0.15) is 13.2 Å². The highest BCUT2D eigenvalue weighted by Crippen LogP contribution is 2.19. The Bertz CT molecular complexity index is 243. The van der Waals surface area contributed by atoms with Crippen LogP contribution in [0.5, 0.6) is 0 Å². The zero-order valence-corrected chi connectivity index (χ0v) is 10.2. The molecule has 2 N–H and O–H groups in total. The van der Waals surface area contributed by atoms with Crippen molar-refractivity contribution >= 4 is 5.97 Å². The third-order valence-corrected chi connectivity index (χ3v) is 2.68. The Morgan fingerprint density at radius 2 is 1.82 bits per heavy atom. The van der Waals surface area contributed by atoms with Crippen LogP contribution in [-0.4, -0.2) is 29.3 Å². The Morgan fingerprint density at radius 1 is 1.24 bits per heavy atom. The summed E-state index contributed by atoms with van der Waals surface area (Å²) in [6.07, 6.45) is -0.762. The van der Waals surface area contributed by atoms with Crippen LogP contribution in [0, 0.1) is 0 Å². The van der Waals surface area contributed by atoms with Gasteiger partial charge in [0, 0.05) is 0 Å². The summed E-state index contributed by atoms with van der Waals surface area (Å²) in [4.78, 5) is 11.0. The average molecular weight is 255 g/mol. The smallest absolute Gasteiger partial charge is 0.401 e. The van der Waals surface area contributed by atoms with Crippen molar-refractivity contribution in [1.82, 2.24) is 5.32 Å². The molecule has 102 valence electrons. The number of unbranched alkanes of at least 4 members (excludes halogenated alkanes) is 3. The van der Waals surface area contributed by atoms with Crippen molar-refractivity contribution < 1.29 is 23.1 Å². The normalized spacial score (nSPS) is 15.6. The molecule has 1 unspecified atom stereocenters. The van der Waals surface area contributed by atoms with Crippen LogP contribution >= 0.6 is 0 Å². The first-order valence-electron chi connectivity index (χ1n) is 5.76. The second-order valence-corrected chi connectivity index (χ2v) is 4.42. The number of carboxylic acid groups (broad SMARTS) is 1. The molecule has 1 atom stereocenters. The van der Waals surface area contributed by atoms with Crippen LogP contribution in [-0.2, 0) is 4.79 Å². The van der Waals surface area contributed by atoms with E-state index >= 15 is 0 Å². The largest absolute Gasteiger partial charge is 0.480 e. The van der Waals surface area contributed by atoms with Gasteiger partial charge in [0.15, 0.2) is 0 Å². The van der Waals surface area contributed by atoms with E-state index in [1.54, 1.807) is 0 Å². The molecule has 17 heavy (non-hydrogen) atoms. The summed E-state index contributed by atoms with van der Waals surface area (Å²) in [5.41, 5.74) is -1.50. The van der Waals surface area contributed by atoms with Gasteiger partial charge in [-0.25, -0.2) is 0 Å². The zero-order valence-electron chi connectivity index (χ0n) is 10.2. The molecule has 0 radical (unpaired) electrons. The lowest BCUT2D eigenvalue weighted by molar-refractivity contribution is -0.149. The first-order chi connectivity index (χ1) is 7.71. The standard InChI is InChI=1S/C11H20F3NO2/c1-3-4-5-6-7-10(2,9(16)17)15-8-11(12,13)14/h15H,3-8H2,1-2H3,(H,16,17). The molecule has 0 aromatic carbocycles. The highest BCUT2D eigenvalue weighted by Gasteiger charge is 2.37. The highest BCUT2D eigenvalue weighted by atomic mass is 19.4. The van der Waals surface area contributed by atoms with E-state index in [1.807, 2.05) is 6.92 Å². The van der Waals surface area contributed by atoms with Crippen LogP contribution in [0.3, 0.4) is 0 Å². The molecule has 6 heteroatoms. The molecule has 0 spiro atoms. The molecule has 0 aliphatic heterocycles. The minimum absolute atomic E-state index is 0.207. The first kappa shape index (κ1) is 16.2. The minimum atomic E-state index is -4.39. The van der Waals surface area contributed by atoms with E-state index in [2.05, 4.69) is 5.32 Å². The van der Waals surface area contributed by atoms with Crippen LogP contribution < -0.4 is 5.32 Å². The number of hydrogen-bond donors (Lipinski definition) is 2. The van der Waals surface area contributed by atoms with Gasteiger partial charge in [-0.3, -0.25) is 10.1 Å². The van der Waals surface area contributed by atoms with Crippen LogP contribution in [0.4, 0.5) is 13.2 Å². The molecule has 0 rings (SSSR count). The predicted molar refractivity (Wildman–Crippen MR) is 58.9 cm³/mol. The van der Waals surface area contributed by atoms with E-state index in [0.29, 0.717) is 6.42 Å². The number of carbonyl (C=O) groups is 1. The number of hydrogen-bond acceptors (Lipinski definition) is 2. The van der Waals surface area contributed by atoms with Crippen molar-refractivity contribution in [3.63, 3.8) is 0 Å². The average Bonchev–Trinajstić information content (AvgIpc) is 2.20. The molecule has 0 saturated heterocycles.